The van der Waals surface area contributed by atoms with Crippen LogP contribution in [0.15, 0.2) is 85.1 Å². The van der Waals surface area contributed by atoms with Crippen LogP contribution in [-0.2, 0) is 28.6 Å². The van der Waals surface area contributed by atoms with E-state index in [1.165, 1.54) is 212 Å². The summed E-state index contributed by atoms with van der Waals surface area (Å²) >= 11 is 0. The summed E-state index contributed by atoms with van der Waals surface area (Å²) in [5.41, 5.74) is 0. The average Bonchev–Trinajstić information content (AvgIpc) is 3.47. The fourth-order valence-electron chi connectivity index (χ4n) is 10.3. The first-order valence-electron chi connectivity index (χ1n) is 35.6. The van der Waals surface area contributed by atoms with Gasteiger partial charge in [0.15, 0.2) is 6.10 Å². The highest BCUT2D eigenvalue weighted by Gasteiger charge is 2.19. The van der Waals surface area contributed by atoms with Crippen molar-refractivity contribution in [2.24, 2.45) is 0 Å². The number of hydrogen-bond donors (Lipinski definition) is 0. The second-order valence-electron chi connectivity index (χ2n) is 23.8. The predicted octanol–water partition coefficient (Wildman–Crippen LogP) is 24.6. The molecule has 82 heavy (non-hydrogen) atoms. The molecule has 0 rings (SSSR count). The molecule has 0 bridgehead atoms. The molecule has 0 amide bonds. The van der Waals surface area contributed by atoms with Crippen molar-refractivity contribution in [1.29, 1.82) is 0 Å². The van der Waals surface area contributed by atoms with Crippen LogP contribution in [0.5, 0.6) is 0 Å². The lowest BCUT2D eigenvalue weighted by molar-refractivity contribution is -0.167. The largest absolute Gasteiger partial charge is 0.462 e. The second kappa shape index (κ2) is 70.1. The number of allylic oxidation sites excluding steroid dienone is 14. The average molecular weight is 1140 g/mol. The molecule has 0 saturated heterocycles. The molecule has 1 unspecified atom stereocenters. The van der Waals surface area contributed by atoms with E-state index in [9.17, 15) is 14.4 Å². The van der Waals surface area contributed by atoms with Crippen molar-refractivity contribution in [1.82, 2.24) is 0 Å². The molecule has 6 heteroatoms. The van der Waals surface area contributed by atoms with E-state index >= 15 is 0 Å². The third-order valence-corrected chi connectivity index (χ3v) is 15.6. The molecule has 0 aromatic rings. The molecule has 6 nitrogen and oxygen atoms in total. The molecular formula is C76H134O6. The van der Waals surface area contributed by atoms with Crippen LogP contribution in [0.1, 0.15) is 361 Å². The number of ether oxygens (including phenoxy) is 3. The van der Waals surface area contributed by atoms with Gasteiger partial charge in [-0.05, 0) is 96.3 Å². The Kier molecular flexibility index (Phi) is 67.2. The predicted molar refractivity (Wildman–Crippen MR) is 358 cm³/mol. The molecule has 474 valence electrons. The van der Waals surface area contributed by atoms with Gasteiger partial charge in [0.1, 0.15) is 13.2 Å². The van der Waals surface area contributed by atoms with Crippen molar-refractivity contribution >= 4 is 17.9 Å². The van der Waals surface area contributed by atoms with Gasteiger partial charge < -0.3 is 14.2 Å². The van der Waals surface area contributed by atoms with E-state index in [0.29, 0.717) is 19.3 Å². The Bertz CT molecular complexity index is 1550. The van der Waals surface area contributed by atoms with E-state index in [1.54, 1.807) is 0 Å². The van der Waals surface area contributed by atoms with Crippen molar-refractivity contribution in [3.63, 3.8) is 0 Å². The fourth-order valence-corrected chi connectivity index (χ4v) is 10.3. The zero-order chi connectivity index (χ0) is 59.2. The van der Waals surface area contributed by atoms with Crippen molar-refractivity contribution in [3.8, 4) is 0 Å². The SMILES string of the molecule is CC/C=C\C/C=C\C/C=C\C/C=C\CCCCCCCCC(=O)OC(COC(=O)CCCCCCCCCCCCCC)COC(=O)CCCCCCCCCCCCCCCCCCCC/C=C\C/C=C\C/C=C\CCCCCCC. The summed E-state index contributed by atoms with van der Waals surface area (Å²) in [4.78, 5) is 38.4. The lowest BCUT2D eigenvalue weighted by Crippen LogP contribution is -2.30. The van der Waals surface area contributed by atoms with Crippen molar-refractivity contribution < 1.29 is 28.6 Å². The maximum Gasteiger partial charge on any atom is 0.306 e. The minimum atomic E-state index is -0.783. The van der Waals surface area contributed by atoms with Crippen LogP contribution in [0.2, 0.25) is 0 Å². The van der Waals surface area contributed by atoms with Gasteiger partial charge in [0.05, 0.1) is 0 Å². The van der Waals surface area contributed by atoms with Gasteiger partial charge in [-0.3, -0.25) is 14.4 Å². The van der Waals surface area contributed by atoms with Gasteiger partial charge >= 0.3 is 17.9 Å². The van der Waals surface area contributed by atoms with E-state index in [-0.39, 0.29) is 31.1 Å². The zero-order valence-corrected chi connectivity index (χ0v) is 54.5. The van der Waals surface area contributed by atoms with Gasteiger partial charge in [0, 0.05) is 19.3 Å². The minimum Gasteiger partial charge on any atom is -0.462 e. The topological polar surface area (TPSA) is 78.9 Å². The Morgan fingerprint density at radius 3 is 0.744 bits per heavy atom. The molecule has 0 radical (unpaired) electrons. The van der Waals surface area contributed by atoms with E-state index in [4.69, 9.17) is 14.2 Å². The van der Waals surface area contributed by atoms with E-state index < -0.39 is 6.10 Å². The maximum atomic E-state index is 12.9. The van der Waals surface area contributed by atoms with E-state index in [0.717, 1.165) is 109 Å². The highest BCUT2D eigenvalue weighted by molar-refractivity contribution is 5.71. The Balaban J connectivity index is 4.16. The molecule has 0 aliphatic carbocycles. The van der Waals surface area contributed by atoms with Crippen LogP contribution >= 0.6 is 0 Å². The van der Waals surface area contributed by atoms with Crippen LogP contribution in [0, 0.1) is 0 Å². The Morgan fingerprint density at radius 1 is 0.256 bits per heavy atom. The molecular weight excluding hydrogens is 1010 g/mol. The third-order valence-electron chi connectivity index (χ3n) is 15.6. The van der Waals surface area contributed by atoms with Crippen LogP contribution in [-0.4, -0.2) is 37.2 Å². The summed E-state index contributed by atoms with van der Waals surface area (Å²) in [6, 6.07) is 0. The number of hydrogen-bond acceptors (Lipinski definition) is 6. The highest BCUT2D eigenvalue weighted by atomic mass is 16.6. The van der Waals surface area contributed by atoms with Crippen LogP contribution in [0.4, 0.5) is 0 Å². The lowest BCUT2D eigenvalue weighted by Gasteiger charge is -2.18. The lowest BCUT2D eigenvalue weighted by atomic mass is 10.0. The number of esters is 3. The highest BCUT2D eigenvalue weighted by Crippen LogP contribution is 2.18. The van der Waals surface area contributed by atoms with Gasteiger partial charge in [0.25, 0.3) is 0 Å². The standard InChI is InChI=1S/C76H134O6/c1-4-7-10-13-16-19-22-25-27-29-31-32-33-34-35-36-37-38-39-40-41-42-43-44-46-47-49-51-54-57-60-63-66-69-75(78)81-72-73(71-80-74(77)68-65-62-59-56-53-24-21-18-15-12-9-6-3)82-76(79)70-67-64-61-58-55-52-50-48-45-30-28-26-23-20-17-14-11-8-5-2/h8,11,17,20,22,25-26,28-29,31,33-34,45,48,73H,4-7,9-10,12-16,18-19,21,23-24,27,30,32,35-44,46-47,49-72H2,1-3H3/b11-8-,20-17-,25-22-,28-26-,31-29-,34-33-,48-45-. The Hall–Kier alpha value is -3.41. The third kappa shape index (κ3) is 67.4. The summed E-state index contributed by atoms with van der Waals surface area (Å²) in [6.07, 6.45) is 93.3. The number of carbonyl (C=O) groups excluding carboxylic acids is 3. The second-order valence-corrected chi connectivity index (χ2v) is 23.8. The Labute approximate surface area is 509 Å². The first-order valence-corrected chi connectivity index (χ1v) is 35.6. The van der Waals surface area contributed by atoms with Gasteiger partial charge in [0.2, 0.25) is 0 Å². The summed E-state index contributed by atoms with van der Waals surface area (Å²) in [6.45, 7) is 6.54. The molecule has 0 fully saturated rings. The quantitative estimate of drug-likeness (QED) is 0.0261. The minimum absolute atomic E-state index is 0.0779. The molecule has 0 aliphatic rings. The molecule has 1 atom stereocenters. The number of carbonyl (C=O) groups is 3. The maximum absolute atomic E-state index is 12.9. The van der Waals surface area contributed by atoms with Crippen molar-refractivity contribution in [2.45, 2.75) is 367 Å². The van der Waals surface area contributed by atoms with Gasteiger partial charge in [-0.25, -0.2) is 0 Å². The summed E-state index contributed by atoms with van der Waals surface area (Å²) in [5.74, 6) is -0.874. The van der Waals surface area contributed by atoms with Crippen LogP contribution in [0.25, 0.3) is 0 Å². The molecule has 0 aromatic heterocycles. The number of unbranched alkanes of at least 4 members (excludes halogenated alkanes) is 40. The van der Waals surface area contributed by atoms with Gasteiger partial charge in [-0.15, -0.1) is 0 Å². The fraction of sp³-hybridized carbons (Fsp3) is 0.776. The summed E-state index contributed by atoms with van der Waals surface area (Å²) < 4.78 is 17.0. The first kappa shape index (κ1) is 78.6. The molecule has 0 aromatic carbocycles. The molecule has 0 N–H and O–H groups in total. The van der Waals surface area contributed by atoms with E-state index in [2.05, 4.69) is 106 Å². The number of rotatable bonds is 65. The monoisotopic (exact) mass is 1140 g/mol. The normalized spacial score (nSPS) is 12.6. The van der Waals surface area contributed by atoms with Crippen LogP contribution < -0.4 is 0 Å². The summed E-state index contributed by atoms with van der Waals surface area (Å²) in [5, 5.41) is 0. The molecule has 0 heterocycles. The smallest absolute Gasteiger partial charge is 0.306 e. The summed E-state index contributed by atoms with van der Waals surface area (Å²) in [7, 11) is 0. The zero-order valence-electron chi connectivity index (χ0n) is 54.5. The van der Waals surface area contributed by atoms with Crippen molar-refractivity contribution in [2.75, 3.05) is 13.2 Å². The van der Waals surface area contributed by atoms with E-state index in [1.807, 2.05) is 0 Å². The molecule has 0 spiro atoms. The van der Waals surface area contributed by atoms with Gasteiger partial charge in [-0.2, -0.15) is 0 Å². The van der Waals surface area contributed by atoms with Crippen LogP contribution in [0.3, 0.4) is 0 Å². The van der Waals surface area contributed by atoms with Gasteiger partial charge in [-0.1, -0.05) is 331 Å². The molecule has 0 saturated carbocycles. The van der Waals surface area contributed by atoms with Crippen molar-refractivity contribution in [3.05, 3.63) is 85.1 Å². The Morgan fingerprint density at radius 2 is 0.476 bits per heavy atom. The molecule has 0 aliphatic heterocycles. The first-order chi connectivity index (χ1) is 40.5.